The quantitative estimate of drug-likeness (QED) is 0.623. The van der Waals surface area contributed by atoms with Crippen LogP contribution in [0.25, 0.3) is 0 Å². The first-order valence-corrected chi connectivity index (χ1v) is 11.0. The lowest BCUT2D eigenvalue weighted by Crippen LogP contribution is -2.44. The monoisotopic (exact) mass is 462 g/mol. The Morgan fingerprint density at radius 2 is 1.74 bits per heavy atom. The molecule has 1 amide bonds. The smallest absolute Gasteiger partial charge is 0.425 e. The molecule has 172 valence electrons. The molecule has 0 fully saturated rings. The van der Waals surface area contributed by atoms with Crippen LogP contribution in [0, 0.1) is 13.8 Å². The second kappa shape index (κ2) is 9.01. The average Bonchev–Trinajstić information content (AvgIpc) is 3.09. The van der Waals surface area contributed by atoms with Gasteiger partial charge in [-0.05, 0) is 43.7 Å². The summed E-state index contributed by atoms with van der Waals surface area (Å²) >= 11 is 0. The number of rotatable bonds is 8. The zero-order chi connectivity index (χ0) is 23.6. The van der Waals surface area contributed by atoms with Gasteiger partial charge in [-0.25, -0.2) is 8.42 Å². The lowest BCUT2D eigenvalue weighted by atomic mass is 9.95. The van der Waals surface area contributed by atoms with Gasteiger partial charge < -0.3 is 14.8 Å². The Morgan fingerprint density at radius 1 is 1.13 bits per heavy atom. The van der Waals surface area contributed by atoms with Crippen LogP contribution >= 0.6 is 0 Å². The lowest BCUT2D eigenvalue weighted by molar-refractivity contribution is -0.272. The summed E-state index contributed by atoms with van der Waals surface area (Å²) in [6, 6.07) is 6.20. The maximum Gasteiger partial charge on any atom is 0.425 e. The highest BCUT2D eigenvalue weighted by Crippen LogP contribution is 2.42. The molecular weight excluding hydrogens is 437 g/mol. The number of furan rings is 1. The molecule has 1 aromatic heterocycles. The molecule has 7 nitrogen and oxygen atoms in total. The number of benzene rings is 1. The number of hydrogen-bond acceptors (Lipinski definition) is 5. The second-order valence-electron chi connectivity index (χ2n) is 7.06. The van der Waals surface area contributed by atoms with E-state index >= 15 is 0 Å². The molecule has 1 aromatic carbocycles. The number of alkyl halides is 3. The number of nitrogens with one attached hydrogen (secondary N) is 1. The summed E-state index contributed by atoms with van der Waals surface area (Å²) in [6.45, 7) is 6.80. The number of hydrogen-bond donors (Lipinski definition) is 2. The third kappa shape index (κ3) is 5.10. The molecule has 1 heterocycles. The van der Waals surface area contributed by atoms with Gasteiger partial charge in [-0.3, -0.25) is 4.79 Å². The van der Waals surface area contributed by atoms with E-state index in [9.17, 15) is 31.5 Å². The molecular formula is C20H25F3N2O5S. The highest BCUT2D eigenvalue weighted by molar-refractivity contribution is 7.89. The lowest BCUT2D eigenvalue weighted by Gasteiger charge is -2.28. The molecule has 0 aliphatic carbocycles. The minimum Gasteiger partial charge on any atom is -0.463 e. The fraction of sp³-hybridized carbons (Fsp3) is 0.450. The largest absolute Gasteiger partial charge is 0.463 e. The van der Waals surface area contributed by atoms with Crippen molar-refractivity contribution < 1.29 is 35.9 Å². The van der Waals surface area contributed by atoms with Crippen molar-refractivity contribution in [3.63, 3.8) is 0 Å². The summed E-state index contributed by atoms with van der Waals surface area (Å²) in [6.07, 6.45) is -6.55. The van der Waals surface area contributed by atoms with E-state index in [0.717, 1.165) is 6.07 Å². The summed E-state index contributed by atoms with van der Waals surface area (Å²) in [7, 11) is -3.85. The fourth-order valence-corrected chi connectivity index (χ4v) is 4.79. The van der Waals surface area contributed by atoms with Crippen LogP contribution in [-0.4, -0.2) is 43.0 Å². The normalized spacial score (nSPS) is 14.5. The Hall–Kier alpha value is -2.37. The fourth-order valence-electron chi connectivity index (χ4n) is 3.08. The Balaban J connectivity index is 2.33. The topological polar surface area (TPSA) is 99.9 Å². The van der Waals surface area contributed by atoms with Crippen LogP contribution in [-0.2, 0) is 20.4 Å². The first kappa shape index (κ1) is 24.9. The summed E-state index contributed by atoms with van der Waals surface area (Å²) in [4.78, 5) is 12.3. The van der Waals surface area contributed by atoms with E-state index in [4.69, 9.17) is 4.42 Å². The van der Waals surface area contributed by atoms with E-state index in [2.05, 4.69) is 5.32 Å². The molecule has 0 bridgehead atoms. The van der Waals surface area contributed by atoms with E-state index in [-0.39, 0.29) is 29.4 Å². The molecule has 0 saturated heterocycles. The SMILES string of the molecule is CCN(CC)S(=O)(=O)c1cc(NC(=O)CC(O)(c2ccc(C)o2)C(F)(F)F)ccc1C. The molecule has 2 rings (SSSR count). The van der Waals surface area contributed by atoms with Crippen LogP contribution in [0.1, 0.15) is 37.4 Å². The zero-order valence-electron chi connectivity index (χ0n) is 17.6. The molecule has 2 aromatic rings. The number of aryl methyl sites for hydroxylation is 2. The molecule has 1 atom stereocenters. The number of anilines is 1. The van der Waals surface area contributed by atoms with Gasteiger partial charge in [0, 0.05) is 18.8 Å². The predicted molar refractivity (Wildman–Crippen MR) is 108 cm³/mol. The molecule has 1 unspecified atom stereocenters. The molecule has 0 aliphatic heterocycles. The number of sulfonamides is 1. The Morgan fingerprint density at radius 3 is 2.23 bits per heavy atom. The average molecular weight is 462 g/mol. The maximum absolute atomic E-state index is 13.6. The van der Waals surface area contributed by atoms with E-state index in [0.29, 0.717) is 5.56 Å². The molecule has 0 saturated carbocycles. The molecule has 2 N–H and O–H groups in total. The summed E-state index contributed by atoms with van der Waals surface area (Å²) < 4.78 is 72.5. The van der Waals surface area contributed by atoms with E-state index < -0.39 is 39.9 Å². The highest BCUT2D eigenvalue weighted by Gasteiger charge is 2.58. The summed E-state index contributed by atoms with van der Waals surface area (Å²) in [5, 5.41) is 12.5. The van der Waals surface area contributed by atoms with Crippen LogP contribution in [0.4, 0.5) is 18.9 Å². The highest BCUT2D eigenvalue weighted by atomic mass is 32.2. The van der Waals surface area contributed by atoms with E-state index in [1.165, 1.54) is 35.5 Å². The van der Waals surface area contributed by atoms with E-state index in [1.54, 1.807) is 20.8 Å². The number of halogens is 3. The van der Waals surface area contributed by atoms with Crippen LogP contribution < -0.4 is 5.32 Å². The van der Waals surface area contributed by atoms with Gasteiger partial charge in [-0.2, -0.15) is 17.5 Å². The second-order valence-corrected chi connectivity index (χ2v) is 8.97. The van der Waals surface area contributed by atoms with Gasteiger partial charge in [0.25, 0.3) is 0 Å². The van der Waals surface area contributed by atoms with Crippen molar-refractivity contribution in [2.75, 3.05) is 18.4 Å². The molecule has 0 radical (unpaired) electrons. The first-order chi connectivity index (χ1) is 14.3. The minimum atomic E-state index is -5.18. The van der Waals surface area contributed by atoms with Crippen LogP contribution in [0.2, 0.25) is 0 Å². The van der Waals surface area contributed by atoms with Crippen LogP contribution in [0.15, 0.2) is 39.6 Å². The van der Waals surface area contributed by atoms with Gasteiger partial charge in [0.1, 0.15) is 11.5 Å². The first-order valence-electron chi connectivity index (χ1n) is 9.53. The Bertz CT molecular complexity index is 1050. The third-order valence-corrected chi connectivity index (χ3v) is 7.02. The van der Waals surface area contributed by atoms with Crippen molar-refractivity contribution in [1.82, 2.24) is 4.31 Å². The molecule has 11 heteroatoms. The maximum atomic E-state index is 13.6. The summed E-state index contributed by atoms with van der Waals surface area (Å²) in [5.74, 6) is -1.83. The van der Waals surface area contributed by atoms with Crippen molar-refractivity contribution in [2.45, 2.75) is 50.8 Å². The van der Waals surface area contributed by atoms with Crippen LogP contribution in [0.5, 0.6) is 0 Å². The number of carbonyl (C=O) groups excluding carboxylic acids is 1. The van der Waals surface area contributed by atoms with Gasteiger partial charge in [0.2, 0.25) is 21.5 Å². The van der Waals surface area contributed by atoms with Crippen LogP contribution in [0.3, 0.4) is 0 Å². The minimum absolute atomic E-state index is 0.0125. The standard InChI is InChI=1S/C20H25F3N2O5S/c1-5-25(6-2)31(28,29)16-11-15(9-7-13(16)3)24-18(26)12-19(27,20(21,22)23)17-10-8-14(4)30-17/h7-11,27H,5-6,12H2,1-4H3,(H,24,26). The van der Waals surface area contributed by atoms with Gasteiger partial charge >= 0.3 is 6.18 Å². The van der Waals surface area contributed by atoms with Crippen molar-refractivity contribution >= 4 is 21.6 Å². The predicted octanol–water partition coefficient (Wildman–Crippen LogP) is 3.71. The van der Waals surface area contributed by atoms with Crippen molar-refractivity contribution in [3.8, 4) is 0 Å². The Labute approximate surface area is 178 Å². The van der Waals surface area contributed by atoms with E-state index in [1.807, 2.05) is 0 Å². The van der Waals surface area contributed by atoms with Gasteiger partial charge in [-0.1, -0.05) is 19.9 Å². The summed E-state index contributed by atoms with van der Waals surface area (Å²) in [5.41, 5.74) is -3.13. The van der Waals surface area contributed by atoms with Gasteiger partial charge in [0.15, 0.2) is 0 Å². The molecule has 31 heavy (non-hydrogen) atoms. The van der Waals surface area contributed by atoms with Gasteiger partial charge in [0.05, 0.1) is 11.3 Å². The molecule has 0 aliphatic rings. The number of aliphatic hydroxyl groups is 1. The number of carbonyl (C=O) groups is 1. The number of amides is 1. The Kier molecular flexibility index (Phi) is 7.24. The number of nitrogens with zero attached hydrogens (tertiary/aromatic N) is 1. The van der Waals surface area contributed by atoms with Crippen molar-refractivity contribution in [3.05, 3.63) is 47.4 Å². The van der Waals surface area contributed by atoms with Crippen molar-refractivity contribution in [1.29, 1.82) is 0 Å². The van der Waals surface area contributed by atoms with Gasteiger partial charge in [-0.15, -0.1) is 0 Å². The van der Waals surface area contributed by atoms with Crippen molar-refractivity contribution in [2.24, 2.45) is 0 Å². The zero-order valence-corrected chi connectivity index (χ0v) is 18.4. The molecule has 0 spiro atoms. The third-order valence-electron chi connectivity index (χ3n) is 4.83.